The highest BCUT2D eigenvalue weighted by molar-refractivity contribution is 5.97. The molecule has 0 bridgehead atoms. The molecule has 0 spiro atoms. The van der Waals surface area contributed by atoms with Crippen LogP contribution in [0.5, 0.6) is 11.5 Å². The summed E-state index contributed by atoms with van der Waals surface area (Å²) < 4.78 is 12.2. The van der Waals surface area contributed by atoms with E-state index in [1.807, 2.05) is 24.0 Å². The summed E-state index contributed by atoms with van der Waals surface area (Å²) >= 11 is 0. The van der Waals surface area contributed by atoms with Crippen molar-refractivity contribution in [1.82, 2.24) is 14.5 Å². The van der Waals surface area contributed by atoms with Crippen molar-refractivity contribution in [2.45, 2.75) is 20.0 Å². The lowest BCUT2D eigenvalue weighted by molar-refractivity contribution is -0.917. The predicted molar refractivity (Wildman–Crippen MR) is 117 cm³/mol. The highest BCUT2D eigenvalue weighted by Crippen LogP contribution is 2.32. The van der Waals surface area contributed by atoms with Gasteiger partial charge in [-0.3, -0.25) is 14.4 Å². The number of fused-ring (bicyclic) bond motifs is 2. The average molecular weight is 437 g/mol. The molecule has 3 heterocycles. The highest BCUT2D eigenvalue weighted by Gasteiger charge is 2.25. The Bertz CT molecular complexity index is 1300. The van der Waals surface area contributed by atoms with Crippen LogP contribution in [0.3, 0.4) is 0 Å². The smallest absolute Gasteiger partial charge is 0.316 e. The molecule has 0 radical (unpaired) electrons. The summed E-state index contributed by atoms with van der Waals surface area (Å²) in [6, 6.07) is 11.1. The fourth-order valence-electron chi connectivity index (χ4n) is 4.45. The van der Waals surface area contributed by atoms with E-state index in [2.05, 4.69) is 11.1 Å². The number of aromatic nitrogens is 2. The molecule has 1 aromatic heterocycles. The van der Waals surface area contributed by atoms with Gasteiger partial charge in [0.05, 0.1) is 37.2 Å². The molecule has 32 heavy (non-hydrogen) atoms. The van der Waals surface area contributed by atoms with Crippen LogP contribution in [0.1, 0.15) is 22.8 Å². The molecule has 0 unspecified atom stereocenters. The molecule has 0 atom stereocenters. The predicted octanol–water partition coefficient (Wildman–Crippen LogP) is -0.0207. The van der Waals surface area contributed by atoms with Gasteiger partial charge in [-0.2, -0.15) is 0 Å². The summed E-state index contributed by atoms with van der Waals surface area (Å²) in [5, 5.41) is 0. The Hall–Kier alpha value is -3.59. The van der Waals surface area contributed by atoms with Crippen LogP contribution in [0.4, 0.5) is 0 Å². The largest absolute Gasteiger partial charge is 0.454 e. The summed E-state index contributed by atoms with van der Waals surface area (Å²) in [6.07, 6.45) is 0. The number of ether oxygens (including phenoxy) is 2. The molecule has 9 heteroatoms. The second-order valence-corrected chi connectivity index (χ2v) is 8.14. The maximum absolute atomic E-state index is 13.1. The number of carbonyl (C=O) groups excluding carboxylic acids is 1. The van der Waals surface area contributed by atoms with Crippen LogP contribution in [0.2, 0.25) is 0 Å². The molecule has 0 aliphatic carbocycles. The minimum Gasteiger partial charge on any atom is -0.454 e. The Morgan fingerprint density at radius 1 is 1.06 bits per heavy atom. The van der Waals surface area contributed by atoms with Gasteiger partial charge in [0.1, 0.15) is 6.54 Å². The second kappa shape index (κ2) is 8.16. The van der Waals surface area contributed by atoms with E-state index in [-0.39, 0.29) is 12.7 Å². The second-order valence-electron chi connectivity index (χ2n) is 8.14. The average Bonchev–Trinajstić information content (AvgIpc) is 3.28. The maximum Gasteiger partial charge on any atom is 0.316 e. The number of carbonyl (C=O) groups is 1. The Morgan fingerprint density at radius 2 is 1.84 bits per heavy atom. The summed E-state index contributed by atoms with van der Waals surface area (Å²) in [5.74, 6) is 1.51. The minimum absolute atomic E-state index is 0.0656. The van der Waals surface area contributed by atoms with Gasteiger partial charge in [0.25, 0.3) is 5.91 Å². The molecule has 1 fully saturated rings. The van der Waals surface area contributed by atoms with E-state index < -0.39 is 11.1 Å². The van der Waals surface area contributed by atoms with E-state index >= 15 is 0 Å². The van der Waals surface area contributed by atoms with E-state index in [1.165, 1.54) is 15.0 Å². The van der Waals surface area contributed by atoms with Gasteiger partial charge in [-0.05, 0) is 43.3 Å². The van der Waals surface area contributed by atoms with Crippen molar-refractivity contribution < 1.29 is 19.2 Å². The molecule has 2 aliphatic heterocycles. The fourth-order valence-corrected chi connectivity index (χ4v) is 4.45. The number of piperazine rings is 1. The van der Waals surface area contributed by atoms with E-state index in [1.54, 1.807) is 18.2 Å². The molecular weight excluding hydrogens is 412 g/mol. The number of aryl methyl sites for hydroxylation is 1. The number of benzene rings is 2. The fraction of sp³-hybridized carbons (Fsp3) is 0.348. The van der Waals surface area contributed by atoms with Crippen molar-refractivity contribution >= 4 is 16.9 Å². The first-order chi connectivity index (χ1) is 15.5. The highest BCUT2D eigenvalue weighted by atomic mass is 16.7. The summed E-state index contributed by atoms with van der Waals surface area (Å²) in [7, 11) is 0. The normalized spacial score (nSPS) is 16.0. The number of rotatable bonds is 4. The standard InChI is InChI=1S/C23H24N4O5/c1-2-27-18-5-4-16(12-17(18)24-21(28)23(27)30)22(29)26-9-7-25(8-10-26)13-15-3-6-19-20(11-15)32-14-31-19/h3-6,11-12H,2,7-10,13-14H2,1H3,(H,24,28)/p+1. The molecule has 9 nitrogen and oxygen atoms in total. The van der Waals surface area contributed by atoms with Crippen molar-refractivity contribution in [1.29, 1.82) is 0 Å². The Kier molecular flexibility index (Phi) is 5.18. The lowest BCUT2D eigenvalue weighted by Crippen LogP contribution is -3.13. The number of nitrogens with zero attached hydrogens (tertiary/aromatic N) is 2. The molecular formula is C23H25N4O5+. The van der Waals surface area contributed by atoms with Crippen LogP contribution in [0, 0.1) is 0 Å². The molecule has 5 rings (SSSR count). The summed E-state index contributed by atoms with van der Waals surface area (Å²) in [4.78, 5) is 42.9. The molecule has 2 aliphatic rings. The number of hydrogen-bond acceptors (Lipinski definition) is 5. The topological polar surface area (TPSA) is 98.1 Å². The number of nitrogens with one attached hydrogen (secondary N) is 2. The zero-order valence-corrected chi connectivity index (χ0v) is 17.8. The first-order valence-electron chi connectivity index (χ1n) is 10.8. The number of H-pyrrole nitrogens is 1. The zero-order valence-electron chi connectivity index (χ0n) is 17.8. The number of quaternary nitrogens is 1. The lowest BCUT2D eigenvalue weighted by Gasteiger charge is -2.32. The quantitative estimate of drug-likeness (QED) is 0.559. The molecule has 1 saturated heterocycles. The molecule has 2 N–H and O–H groups in total. The van der Waals surface area contributed by atoms with Gasteiger partial charge >= 0.3 is 11.1 Å². The SMILES string of the molecule is CCn1c(=O)c(=O)[nH]c2cc(C(=O)N3CC[NH+](Cc4ccc5c(c4)OCO5)CC3)ccc21. The minimum atomic E-state index is -0.676. The van der Waals surface area contributed by atoms with E-state index in [0.717, 1.165) is 31.1 Å². The number of amides is 1. The van der Waals surface area contributed by atoms with Crippen molar-refractivity contribution in [3.63, 3.8) is 0 Å². The number of aromatic amines is 1. The van der Waals surface area contributed by atoms with Gasteiger partial charge < -0.3 is 28.8 Å². The van der Waals surface area contributed by atoms with Crippen molar-refractivity contribution in [2.24, 2.45) is 0 Å². The Balaban J connectivity index is 1.27. The van der Waals surface area contributed by atoms with Crippen molar-refractivity contribution in [3.05, 3.63) is 68.2 Å². The molecule has 2 aromatic carbocycles. The Labute approximate surface area is 183 Å². The molecule has 1 amide bonds. The van der Waals surface area contributed by atoms with Crippen molar-refractivity contribution in [2.75, 3.05) is 33.0 Å². The molecule has 3 aromatic rings. The van der Waals surface area contributed by atoms with Crippen LogP contribution in [-0.4, -0.2) is 53.3 Å². The summed E-state index contributed by atoms with van der Waals surface area (Å²) in [5.41, 5.74) is 1.55. The lowest BCUT2D eigenvalue weighted by atomic mass is 10.1. The molecule has 166 valence electrons. The van der Waals surface area contributed by atoms with Crippen LogP contribution in [-0.2, 0) is 13.1 Å². The van der Waals surface area contributed by atoms with Gasteiger partial charge in [0, 0.05) is 17.7 Å². The first-order valence-corrected chi connectivity index (χ1v) is 10.8. The van der Waals surface area contributed by atoms with Crippen LogP contribution in [0.25, 0.3) is 11.0 Å². The van der Waals surface area contributed by atoms with Crippen LogP contribution < -0.4 is 25.5 Å². The molecule has 0 saturated carbocycles. The monoisotopic (exact) mass is 437 g/mol. The van der Waals surface area contributed by atoms with Gasteiger partial charge in [-0.25, -0.2) is 0 Å². The third-order valence-electron chi connectivity index (χ3n) is 6.19. The zero-order chi connectivity index (χ0) is 22.2. The van der Waals surface area contributed by atoms with E-state index in [4.69, 9.17) is 9.47 Å². The first kappa shape index (κ1) is 20.3. The maximum atomic E-state index is 13.1. The van der Waals surface area contributed by atoms with Crippen molar-refractivity contribution in [3.8, 4) is 11.5 Å². The van der Waals surface area contributed by atoms with Gasteiger partial charge in [0.15, 0.2) is 11.5 Å². The van der Waals surface area contributed by atoms with Crippen LogP contribution in [0.15, 0.2) is 46.0 Å². The number of hydrogen-bond donors (Lipinski definition) is 2. The Morgan fingerprint density at radius 3 is 2.62 bits per heavy atom. The van der Waals surface area contributed by atoms with Crippen LogP contribution >= 0.6 is 0 Å². The van der Waals surface area contributed by atoms with Gasteiger partial charge in [0.2, 0.25) is 6.79 Å². The van der Waals surface area contributed by atoms with E-state index in [0.29, 0.717) is 36.2 Å². The van der Waals surface area contributed by atoms with Gasteiger partial charge in [-0.15, -0.1) is 0 Å². The summed E-state index contributed by atoms with van der Waals surface area (Å²) in [6.45, 7) is 6.34. The third-order valence-corrected chi connectivity index (χ3v) is 6.19. The van der Waals surface area contributed by atoms with Gasteiger partial charge in [-0.1, -0.05) is 0 Å². The third kappa shape index (κ3) is 3.64. The van der Waals surface area contributed by atoms with E-state index in [9.17, 15) is 14.4 Å².